The Kier molecular flexibility index (Phi) is 5.54. The number of rotatable bonds is 5. The van der Waals surface area contributed by atoms with Crippen LogP contribution < -0.4 is 5.32 Å². The van der Waals surface area contributed by atoms with Gasteiger partial charge in [-0.15, -0.1) is 0 Å². The minimum atomic E-state index is -0.767. The smallest absolute Gasteiger partial charge is 0.257 e. The summed E-state index contributed by atoms with van der Waals surface area (Å²) in [5.41, 5.74) is 0.766. The molecule has 0 aliphatic carbocycles. The lowest BCUT2D eigenvalue weighted by Crippen LogP contribution is -2.56. The predicted octanol–water partition coefficient (Wildman–Crippen LogP) is 1.55. The molecule has 1 amide bonds. The molecule has 0 unspecified atom stereocenters. The van der Waals surface area contributed by atoms with Crippen LogP contribution in [0.15, 0.2) is 48.7 Å². The molecule has 26 heavy (non-hydrogen) atoms. The Morgan fingerprint density at radius 1 is 1.31 bits per heavy atom. The molecule has 0 bridgehead atoms. The molecule has 1 saturated heterocycles. The normalized spacial score (nSPS) is 22.9. The fraction of sp³-hybridized carbons (Fsp3) is 0.400. The summed E-state index contributed by atoms with van der Waals surface area (Å²) < 4.78 is 0. The van der Waals surface area contributed by atoms with E-state index in [4.69, 9.17) is 0 Å². The summed E-state index contributed by atoms with van der Waals surface area (Å²) in [6.45, 7) is 0.573. The van der Waals surface area contributed by atoms with Crippen LogP contribution in [-0.4, -0.2) is 58.9 Å². The molecule has 2 atom stereocenters. The lowest BCUT2D eigenvalue weighted by Gasteiger charge is -2.45. The molecule has 3 rings (SSSR count). The summed E-state index contributed by atoms with van der Waals surface area (Å²) in [4.78, 5) is 18.9. The van der Waals surface area contributed by atoms with Crippen molar-refractivity contribution >= 4 is 11.7 Å². The van der Waals surface area contributed by atoms with Gasteiger partial charge in [0.2, 0.25) is 0 Å². The first kappa shape index (κ1) is 18.4. The van der Waals surface area contributed by atoms with Gasteiger partial charge in [-0.1, -0.05) is 30.3 Å². The first-order valence-corrected chi connectivity index (χ1v) is 8.84. The van der Waals surface area contributed by atoms with Crippen molar-refractivity contribution in [3.63, 3.8) is 0 Å². The molecule has 1 fully saturated rings. The molecule has 1 aromatic carbocycles. The van der Waals surface area contributed by atoms with Gasteiger partial charge >= 0.3 is 0 Å². The quantitative estimate of drug-likeness (QED) is 0.758. The van der Waals surface area contributed by atoms with Crippen molar-refractivity contribution in [3.05, 3.63) is 59.8 Å². The van der Waals surface area contributed by atoms with Gasteiger partial charge in [0.15, 0.2) is 0 Å². The van der Waals surface area contributed by atoms with Gasteiger partial charge in [-0.2, -0.15) is 0 Å². The van der Waals surface area contributed by atoms with Crippen molar-refractivity contribution in [2.45, 2.75) is 18.9 Å². The van der Waals surface area contributed by atoms with Crippen LogP contribution in [0.25, 0.3) is 0 Å². The highest BCUT2D eigenvalue weighted by Gasteiger charge is 2.44. The zero-order valence-electron chi connectivity index (χ0n) is 14.9. The molecule has 2 aromatic rings. The monoisotopic (exact) mass is 355 g/mol. The molecular formula is C20H25N3O3. The maximum Gasteiger partial charge on any atom is 0.257 e. The average molecular weight is 355 g/mol. The van der Waals surface area contributed by atoms with E-state index in [2.05, 4.69) is 10.3 Å². The van der Waals surface area contributed by atoms with Crippen LogP contribution in [0.3, 0.4) is 0 Å². The zero-order chi connectivity index (χ0) is 18.6. The van der Waals surface area contributed by atoms with Crippen LogP contribution in [0.4, 0.5) is 5.82 Å². The van der Waals surface area contributed by atoms with E-state index in [-0.39, 0.29) is 12.5 Å². The molecule has 0 spiro atoms. The van der Waals surface area contributed by atoms with E-state index in [1.807, 2.05) is 30.3 Å². The van der Waals surface area contributed by atoms with Crippen molar-refractivity contribution in [2.75, 3.05) is 32.1 Å². The van der Waals surface area contributed by atoms with E-state index in [1.54, 1.807) is 30.3 Å². The van der Waals surface area contributed by atoms with E-state index >= 15 is 0 Å². The lowest BCUT2D eigenvalue weighted by molar-refractivity contribution is -0.0668. The summed E-state index contributed by atoms with van der Waals surface area (Å²) in [5, 5.41) is 23.7. The van der Waals surface area contributed by atoms with E-state index in [1.165, 1.54) is 0 Å². The summed E-state index contributed by atoms with van der Waals surface area (Å²) in [7, 11) is 1.73. The van der Waals surface area contributed by atoms with Gasteiger partial charge in [-0.05, 0) is 30.5 Å². The third kappa shape index (κ3) is 3.57. The van der Waals surface area contributed by atoms with E-state index in [0.717, 1.165) is 5.56 Å². The van der Waals surface area contributed by atoms with E-state index in [0.29, 0.717) is 37.3 Å². The number of benzene rings is 1. The number of pyridine rings is 1. The topological polar surface area (TPSA) is 85.7 Å². The molecule has 1 aliphatic rings. The van der Waals surface area contributed by atoms with Crippen LogP contribution in [-0.2, 0) is 6.42 Å². The summed E-state index contributed by atoms with van der Waals surface area (Å²) >= 11 is 0. The Balaban J connectivity index is 1.85. The molecule has 1 aromatic heterocycles. The van der Waals surface area contributed by atoms with Gasteiger partial charge in [-0.3, -0.25) is 4.79 Å². The molecule has 138 valence electrons. The highest BCUT2D eigenvalue weighted by molar-refractivity contribution is 5.98. The Morgan fingerprint density at radius 3 is 2.77 bits per heavy atom. The van der Waals surface area contributed by atoms with E-state index in [9.17, 15) is 15.0 Å². The maximum atomic E-state index is 13.0. The number of aliphatic hydroxyl groups excluding tert-OH is 2. The number of hydrogen-bond donors (Lipinski definition) is 3. The van der Waals surface area contributed by atoms with Crippen LogP contribution in [0.5, 0.6) is 0 Å². The number of piperidine rings is 1. The Labute approximate surface area is 153 Å². The van der Waals surface area contributed by atoms with Gasteiger partial charge < -0.3 is 20.4 Å². The number of nitrogens with one attached hydrogen (secondary N) is 1. The van der Waals surface area contributed by atoms with Gasteiger partial charge in [0.05, 0.1) is 18.3 Å². The number of aliphatic hydroxyl groups is 2. The molecule has 2 heterocycles. The van der Waals surface area contributed by atoms with Crippen LogP contribution in [0.2, 0.25) is 0 Å². The van der Waals surface area contributed by atoms with Crippen molar-refractivity contribution < 1.29 is 15.0 Å². The summed E-state index contributed by atoms with van der Waals surface area (Å²) in [6.07, 6.45) is 1.93. The first-order valence-electron chi connectivity index (χ1n) is 8.84. The number of nitrogens with zero attached hydrogens (tertiary/aromatic N) is 2. The molecule has 6 heteroatoms. The number of hydrogen-bond acceptors (Lipinski definition) is 5. The van der Waals surface area contributed by atoms with Gasteiger partial charge in [0.1, 0.15) is 5.82 Å². The Bertz CT molecular complexity index is 753. The number of amides is 1. The minimum Gasteiger partial charge on any atom is -0.396 e. The van der Waals surface area contributed by atoms with Crippen LogP contribution >= 0.6 is 0 Å². The van der Waals surface area contributed by atoms with Gasteiger partial charge in [-0.25, -0.2) is 4.98 Å². The summed E-state index contributed by atoms with van der Waals surface area (Å²) in [6, 6.07) is 13.2. The predicted molar refractivity (Wildman–Crippen MR) is 100.0 cm³/mol. The Hall–Kier alpha value is -2.44. The number of carbonyl (C=O) groups excluding carboxylic acids is 1. The third-order valence-electron chi connectivity index (χ3n) is 5.16. The van der Waals surface area contributed by atoms with E-state index < -0.39 is 11.5 Å². The number of aromatic nitrogens is 1. The number of likely N-dealkylation sites (tertiary alicyclic amines) is 1. The fourth-order valence-electron chi connectivity index (χ4n) is 3.66. The maximum absolute atomic E-state index is 13.0. The molecule has 0 saturated carbocycles. The average Bonchev–Trinajstić information content (AvgIpc) is 2.70. The molecule has 6 nitrogen and oxygen atoms in total. The van der Waals surface area contributed by atoms with Gasteiger partial charge in [0.25, 0.3) is 5.91 Å². The SMILES string of the molecule is CNc1ncccc1C(=O)N1CC[C@H](O)[C@](CO)(Cc2ccccc2)C1. The first-order chi connectivity index (χ1) is 12.6. The Morgan fingerprint density at radius 2 is 2.08 bits per heavy atom. The van der Waals surface area contributed by atoms with Crippen molar-refractivity contribution in [3.8, 4) is 0 Å². The van der Waals surface area contributed by atoms with Crippen molar-refractivity contribution in [1.29, 1.82) is 0 Å². The zero-order valence-corrected chi connectivity index (χ0v) is 14.9. The molecule has 3 N–H and O–H groups in total. The third-order valence-corrected chi connectivity index (χ3v) is 5.16. The molecular weight excluding hydrogens is 330 g/mol. The second-order valence-electron chi connectivity index (χ2n) is 6.86. The second-order valence-corrected chi connectivity index (χ2v) is 6.86. The second kappa shape index (κ2) is 7.85. The van der Waals surface area contributed by atoms with Gasteiger partial charge in [0, 0.05) is 31.7 Å². The number of anilines is 1. The highest BCUT2D eigenvalue weighted by atomic mass is 16.3. The fourth-order valence-corrected chi connectivity index (χ4v) is 3.66. The largest absolute Gasteiger partial charge is 0.396 e. The van der Waals surface area contributed by atoms with Crippen LogP contribution in [0, 0.1) is 5.41 Å². The van der Waals surface area contributed by atoms with Crippen LogP contribution in [0.1, 0.15) is 22.3 Å². The summed E-state index contributed by atoms with van der Waals surface area (Å²) in [5.74, 6) is 0.390. The van der Waals surface area contributed by atoms with Crippen molar-refractivity contribution in [1.82, 2.24) is 9.88 Å². The number of carbonyl (C=O) groups is 1. The molecule has 0 radical (unpaired) electrons. The minimum absolute atomic E-state index is 0.139. The van der Waals surface area contributed by atoms with Crippen molar-refractivity contribution in [2.24, 2.45) is 5.41 Å². The molecule has 1 aliphatic heterocycles. The lowest BCUT2D eigenvalue weighted by atomic mass is 9.73. The standard InChI is InChI=1S/C20H25N3O3/c1-21-18-16(8-5-10-22-18)19(26)23-11-9-17(25)20(13-23,14-24)12-15-6-3-2-4-7-15/h2-8,10,17,24-25H,9,11-14H2,1H3,(H,21,22)/t17-,20+/m0/s1. The highest BCUT2D eigenvalue weighted by Crippen LogP contribution is 2.34.